The summed E-state index contributed by atoms with van der Waals surface area (Å²) in [6, 6.07) is 97.4. The van der Waals surface area contributed by atoms with Gasteiger partial charge in [0.1, 0.15) is 0 Å². The van der Waals surface area contributed by atoms with Crippen LogP contribution in [-0.2, 0) is 5.41 Å². The fraction of sp³-hybridized carbons (Fsp3) is 0.0139. The lowest BCUT2D eigenvalue weighted by Crippen LogP contribution is -2.25. The quantitative estimate of drug-likeness (QED) is 0.127. The van der Waals surface area contributed by atoms with Gasteiger partial charge in [0.2, 0.25) is 0 Å². The lowest BCUT2D eigenvalue weighted by molar-refractivity contribution is 0.795. The van der Waals surface area contributed by atoms with Crippen molar-refractivity contribution < 1.29 is 0 Å². The molecule has 0 atom stereocenters. The number of hydrogen-bond acceptors (Lipinski definition) is 1. The van der Waals surface area contributed by atoms with Gasteiger partial charge in [0, 0.05) is 16.3 Å². The van der Waals surface area contributed by atoms with Crippen LogP contribution in [0.5, 0.6) is 0 Å². The summed E-state index contributed by atoms with van der Waals surface area (Å²) in [6.45, 7) is 0. The van der Waals surface area contributed by atoms with Crippen LogP contribution in [0.25, 0.3) is 132 Å². The Bertz CT molecular complexity index is 4630. The Labute approximate surface area is 422 Å². The molecule has 73 heavy (non-hydrogen) atoms. The van der Waals surface area contributed by atoms with E-state index in [2.05, 4.69) is 261 Å². The zero-order chi connectivity index (χ0) is 47.8. The highest BCUT2D eigenvalue weighted by Crippen LogP contribution is 2.63. The van der Waals surface area contributed by atoms with Crippen molar-refractivity contribution in [1.29, 1.82) is 0 Å². The molecule has 2 aliphatic carbocycles. The van der Waals surface area contributed by atoms with Gasteiger partial charge >= 0.3 is 0 Å². The molecule has 0 N–H and O–H groups in total. The van der Waals surface area contributed by atoms with Gasteiger partial charge in [-0.3, -0.25) is 0 Å². The molecule has 13 aromatic carbocycles. The van der Waals surface area contributed by atoms with Gasteiger partial charge in [-0.15, -0.1) is 0 Å². The third-order valence-corrected chi connectivity index (χ3v) is 16.4. The Kier molecular flexibility index (Phi) is 8.44. The lowest BCUT2D eigenvalue weighted by atomic mass is 9.70. The van der Waals surface area contributed by atoms with Gasteiger partial charge in [0.25, 0.3) is 0 Å². The summed E-state index contributed by atoms with van der Waals surface area (Å²) in [5, 5.41) is 13.5. The van der Waals surface area contributed by atoms with E-state index in [-0.39, 0.29) is 0 Å². The minimum atomic E-state index is -0.443. The van der Waals surface area contributed by atoms with Crippen LogP contribution in [0.3, 0.4) is 0 Å². The average molecular weight is 922 g/mol. The average Bonchev–Trinajstić information content (AvgIpc) is 3.92. The molecule has 1 heteroatoms. The van der Waals surface area contributed by atoms with Crippen LogP contribution in [0, 0.1) is 0 Å². The number of fused-ring (bicyclic) bond motifs is 17. The van der Waals surface area contributed by atoms with Gasteiger partial charge in [0.05, 0.1) is 16.6 Å². The first kappa shape index (κ1) is 40.3. The fourth-order valence-electron chi connectivity index (χ4n) is 13.2. The van der Waals surface area contributed by atoms with Crippen molar-refractivity contribution in [3.05, 3.63) is 283 Å². The standard InChI is InChI=1S/C72H43N/c1-3-17-48-39-51(35-31-44(48)15-1)69-57-23-5-6-24-58(57)70(52-36-32-45-16-2-4-18-49(45)40-52)62-41-50(37-38-59(62)69)46-29-33-47(34-30-46)71-63-43-67-61(42-60(63)56-22-10-14-28-68(56)73-71)55-21-9-13-27-66(55)72(67)64-25-11-7-19-53(64)54-20-8-12-26-65(54)72/h1-43H. The number of rotatable bonds is 4. The summed E-state index contributed by atoms with van der Waals surface area (Å²) in [5.41, 5.74) is 20.5. The van der Waals surface area contributed by atoms with E-state index in [1.54, 1.807) is 0 Å². The number of aromatic nitrogens is 1. The molecule has 0 amide bonds. The highest BCUT2D eigenvalue weighted by molar-refractivity contribution is 6.23. The van der Waals surface area contributed by atoms with Crippen molar-refractivity contribution in [3.63, 3.8) is 0 Å². The number of nitrogens with zero attached hydrogens (tertiary/aromatic N) is 1. The molecular formula is C72H43N. The molecule has 336 valence electrons. The van der Waals surface area contributed by atoms with Crippen LogP contribution in [0.1, 0.15) is 22.3 Å². The maximum atomic E-state index is 5.55. The molecule has 1 heterocycles. The molecule has 0 unspecified atom stereocenters. The molecule has 1 spiro atoms. The van der Waals surface area contributed by atoms with E-state index < -0.39 is 5.41 Å². The van der Waals surface area contributed by atoms with Gasteiger partial charge in [-0.25, -0.2) is 4.98 Å². The first-order chi connectivity index (χ1) is 36.2. The van der Waals surface area contributed by atoms with Crippen molar-refractivity contribution in [2.45, 2.75) is 5.41 Å². The summed E-state index contributed by atoms with van der Waals surface area (Å²) in [5.74, 6) is 0. The number of para-hydroxylation sites is 1. The molecule has 0 fully saturated rings. The second kappa shape index (κ2) is 15.3. The van der Waals surface area contributed by atoms with Crippen molar-refractivity contribution in [3.8, 4) is 66.9 Å². The molecule has 0 saturated carbocycles. The Morgan fingerprint density at radius 1 is 0.233 bits per heavy atom. The van der Waals surface area contributed by atoms with E-state index in [1.165, 1.54) is 126 Å². The highest BCUT2D eigenvalue weighted by Gasteiger charge is 2.51. The Hall–Kier alpha value is -9.43. The monoisotopic (exact) mass is 921 g/mol. The van der Waals surface area contributed by atoms with Gasteiger partial charge < -0.3 is 0 Å². The van der Waals surface area contributed by atoms with E-state index in [1.807, 2.05) is 0 Å². The third kappa shape index (κ3) is 5.71. The molecule has 0 saturated heterocycles. The van der Waals surface area contributed by atoms with Gasteiger partial charge in [-0.1, -0.05) is 224 Å². The maximum Gasteiger partial charge on any atom is 0.0788 e. The maximum absolute atomic E-state index is 5.55. The van der Waals surface area contributed by atoms with Crippen LogP contribution >= 0.6 is 0 Å². The summed E-state index contributed by atoms with van der Waals surface area (Å²) >= 11 is 0. The van der Waals surface area contributed by atoms with Crippen LogP contribution in [0.15, 0.2) is 261 Å². The Morgan fingerprint density at radius 2 is 0.685 bits per heavy atom. The van der Waals surface area contributed by atoms with Gasteiger partial charge in [-0.2, -0.15) is 0 Å². The fourth-order valence-corrected chi connectivity index (χ4v) is 13.2. The zero-order valence-corrected chi connectivity index (χ0v) is 39.8. The van der Waals surface area contributed by atoms with E-state index in [0.29, 0.717) is 0 Å². The van der Waals surface area contributed by atoms with E-state index in [9.17, 15) is 0 Å². The SMILES string of the molecule is c1ccc2c(c1)-c1ccccc1C21c2ccccc2-c2cc3c(cc21)c(-c1ccc(-c2ccc4c(-c5ccc6ccccc6c5)c5ccccc5c(-c5ccc6ccccc6c5)c4c2)cc1)nc1ccccc13. The summed E-state index contributed by atoms with van der Waals surface area (Å²) in [6.07, 6.45) is 0. The first-order valence-corrected chi connectivity index (χ1v) is 25.4. The van der Waals surface area contributed by atoms with Crippen LogP contribution < -0.4 is 0 Å². The molecule has 0 bridgehead atoms. The summed E-state index contributed by atoms with van der Waals surface area (Å²) < 4.78 is 0. The molecule has 2 aliphatic rings. The van der Waals surface area contributed by atoms with E-state index in [0.717, 1.165) is 27.7 Å². The van der Waals surface area contributed by atoms with E-state index >= 15 is 0 Å². The topological polar surface area (TPSA) is 12.9 Å². The minimum absolute atomic E-state index is 0.443. The molecule has 0 radical (unpaired) electrons. The van der Waals surface area contributed by atoms with Crippen molar-refractivity contribution >= 4 is 64.8 Å². The first-order valence-electron chi connectivity index (χ1n) is 25.4. The number of benzene rings is 13. The molecule has 16 rings (SSSR count). The van der Waals surface area contributed by atoms with Gasteiger partial charge in [0.15, 0.2) is 0 Å². The second-order valence-corrected chi connectivity index (χ2v) is 20.1. The highest BCUT2D eigenvalue weighted by atomic mass is 14.7. The zero-order valence-electron chi connectivity index (χ0n) is 39.8. The Morgan fingerprint density at radius 3 is 1.30 bits per heavy atom. The second-order valence-electron chi connectivity index (χ2n) is 20.1. The van der Waals surface area contributed by atoms with E-state index in [4.69, 9.17) is 4.98 Å². The predicted molar refractivity (Wildman–Crippen MR) is 307 cm³/mol. The van der Waals surface area contributed by atoms with Crippen molar-refractivity contribution in [2.24, 2.45) is 0 Å². The third-order valence-electron chi connectivity index (χ3n) is 16.4. The lowest BCUT2D eigenvalue weighted by Gasteiger charge is -2.30. The van der Waals surface area contributed by atoms with Crippen LogP contribution in [-0.4, -0.2) is 4.98 Å². The Balaban J connectivity index is 0.901. The van der Waals surface area contributed by atoms with Gasteiger partial charge in [-0.05, 0) is 163 Å². The minimum Gasteiger partial charge on any atom is -0.247 e. The largest absolute Gasteiger partial charge is 0.247 e. The number of pyridine rings is 1. The molecule has 0 aliphatic heterocycles. The van der Waals surface area contributed by atoms with Crippen LogP contribution in [0.2, 0.25) is 0 Å². The summed E-state index contributed by atoms with van der Waals surface area (Å²) in [7, 11) is 0. The van der Waals surface area contributed by atoms with Crippen molar-refractivity contribution in [2.75, 3.05) is 0 Å². The molecule has 14 aromatic rings. The predicted octanol–water partition coefficient (Wildman–Crippen LogP) is 19.0. The smallest absolute Gasteiger partial charge is 0.0788 e. The van der Waals surface area contributed by atoms with Crippen LogP contribution in [0.4, 0.5) is 0 Å². The molecule has 1 nitrogen and oxygen atoms in total. The summed E-state index contributed by atoms with van der Waals surface area (Å²) in [4.78, 5) is 5.55. The normalized spacial score (nSPS) is 13.0. The number of hydrogen-bond donors (Lipinski definition) is 0. The molecule has 1 aromatic heterocycles. The molecular weight excluding hydrogens is 879 g/mol. The van der Waals surface area contributed by atoms with Crippen molar-refractivity contribution in [1.82, 2.24) is 4.98 Å².